The van der Waals surface area contributed by atoms with Crippen molar-refractivity contribution in [2.45, 2.75) is 0 Å². The molecule has 0 aliphatic carbocycles. The van der Waals surface area contributed by atoms with Crippen molar-refractivity contribution in [3.8, 4) is 22.8 Å². The van der Waals surface area contributed by atoms with Crippen molar-refractivity contribution in [1.82, 2.24) is 15.2 Å². The van der Waals surface area contributed by atoms with E-state index in [2.05, 4.69) is 15.2 Å². The number of rotatable bonds is 3. The van der Waals surface area contributed by atoms with Crippen molar-refractivity contribution < 1.29 is 9.34 Å². The molecule has 9 heteroatoms. The number of halogens is 1. The number of hydrogen-bond acceptors (Lipinski definition) is 6. The smallest absolute Gasteiger partial charge is 0.347 e. The Bertz CT molecular complexity index is 1200. The minimum absolute atomic E-state index is 0.0310. The fourth-order valence-electron chi connectivity index (χ4n) is 2.50. The number of benzene rings is 2. The largest absolute Gasteiger partial charge is 0.422 e. The second-order valence-electron chi connectivity index (χ2n) is 5.44. The summed E-state index contributed by atoms with van der Waals surface area (Å²) in [5, 5.41) is 18.6. The Labute approximate surface area is 150 Å². The second kappa shape index (κ2) is 6.08. The average Bonchev–Trinajstić information content (AvgIpc) is 3.11. The molecule has 0 aliphatic rings. The quantitative estimate of drug-likeness (QED) is 0.334. The highest BCUT2D eigenvalue weighted by atomic mass is 35.5. The van der Waals surface area contributed by atoms with E-state index in [-0.39, 0.29) is 17.1 Å². The minimum Gasteiger partial charge on any atom is -0.422 e. The van der Waals surface area contributed by atoms with Gasteiger partial charge in [-0.25, -0.2) is 9.78 Å². The van der Waals surface area contributed by atoms with Crippen molar-refractivity contribution in [3.05, 3.63) is 74.1 Å². The Hall–Kier alpha value is -3.52. The lowest BCUT2D eigenvalue weighted by molar-refractivity contribution is -0.384. The third kappa shape index (κ3) is 2.82. The van der Waals surface area contributed by atoms with E-state index in [1.807, 2.05) is 0 Å². The van der Waals surface area contributed by atoms with E-state index < -0.39 is 10.5 Å². The van der Waals surface area contributed by atoms with Crippen LogP contribution in [-0.2, 0) is 0 Å². The Balaban J connectivity index is 1.76. The molecular formula is C17H9ClN4O4. The Morgan fingerprint density at radius 2 is 1.88 bits per heavy atom. The fraction of sp³-hybridized carbons (Fsp3) is 0. The van der Waals surface area contributed by atoms with Crippen molar-refractivity contribution in [1.29, 1.82) is 0 Å². The van der Waals surface area contributed by atoms with Gasteiger partial charge < -0.3 is 4.42 Å². The van der Waals surface area contributed by atoms with Gasteiger partial charge in [-0.2, -0.15) is 5.10 Å². The first-order valence-corrected chi connectivity index (χ1v) is 7.80. The molecule has 0 aliphatic heterocycles. The van der Waals surface area contributed by atoms with Crippen LogP contribution in [0.5, 0.6) is 0 Å². The number of nitrogens with zero attached hydrogens (tertiary/aromatic N) is 3. The van der Waals surface area contributed by atoms with Gasteiger partial charge in [-0.15, -0.1) is 0 Å². The molecule has 0 saturated carbocycles. The van der Waals surface area contributed by atoms with Crippen molar-refractivity contribution in [2.75, 3.05) is 0 Å². The van der Waals surface area contributed by atoms with Gasteiger partial charge in [-0.3, -0.25) is 15.2 Å². The Morgan fingerprint density at radius 3 is 2.62 bits per heavy atom. The predicted molar refractivity (Wildman–Crippen MR) is 95.0 cm³/mol. The topological polar surface area (TPSA) is 115 Å². The molecule has 1 N–H and O–H groups in total. The van der Waals surface area contributed by atoms with Crippen LogP contribution in [0.15, 0.2) is 57.7 Å². The summed E-state index contributed by atoms with van der Waals surface area (Å²) < 4.78 is 5.28. The summed E-state index contributed by atoms with van der Waals surface area (Å²) in [4.78, 5) is 26.7. The van der Waals surface area contributed by atoms with Gasteiger partial charge in [-0.05, 0) is 36.4 Å². The maximum atomic E-state index is 12.2. The summed E-state index contributed by atoms with van der Waals surface area (Å²) in [7, 11) is 0. The van der Waals surface area contributed by atoms with E-state index in [0.717, 1.165) is 0 Å². The van der Waals surface area contributed by atoms with Crippen LogP contribution in [0.25, 0.3) is 33.7 Å². The van der Waals surface area contributed by atoms with E-state index in [4.69, 9.17) is 16.0 Å². The molecule has 0 saturated heterocycles. The van der Waals surface area contributed by atoms with E-state index in [1.54, 1.807) is 24.3 Å². The van der Waals surface area contributed by atoms with Crippen LogP contribution in [0.3, 0.4) is 0 Å². The number of nitrogens with one attached hydrogen (secondary N) is 1. The summed E-state index contributed by atoms with van der Waals surface area (Å²) in [6.07, 6.45) is 0. The van der Waals surface area contributed by atoms with Crippen LogP contribution >= 0.6 is 11.6 Å². The van der Waals surface area contributed by atoms with Crippen molar-refractivity contribution in [2.24, 2.45) is 0 Å². The van der Waals surface area contributed by atoms with Gasteiger partial charge >= 0.3 is 5.63 Å². The summed E-state index contributed by atoms with van der Waals surface area (Å²) >= 11 is 5.97. The number of aromatic nitrogens is 3. The molecule has 0 spiro atoms. The number of aromatic amines is 1. The number of H-pyrrole nitrogens is 1. The summed E-state index contributed by atoms with van der Waals surface area (Å²) in [6.45, 7) is 0. The van der Waals surface area contributed by atoms with E-state index in [0.29, 0.717) is 27.4 Å². The maximum absolute atomic E-state index is 12.2. The molecule has 8 nitrogen and oxygen atoms in total. The molecule has 0 bridgehead atoms. The first-order valence-electron chi connectivity index (χ1n) is 7.42. The highest BCUT2D eigenvalue weighted by molar-refractivity contribution is 6.31. The molecular weight excluding hydrogens is 360 g/mol. The van der Waals surface area contributed by atoms with E-state index >= 15 is 0 Å². The minimum atomic E-state index is -0.564. The summed E-state index contributed by atoms with van der Waals surface area (Å²) in [5.74, 6) is 0.537. The molecule has 128 valence electrons. The second-order valence-corrected chi connectivity index (χ2v) is 5.88. The molecule has 0 amide bonds. The zero-order chi connectivity index (χ0) is 18.3. The van der Waals surface area contributed by atoms with Gasteiger partial charge in [0.15, 0.2) is 11.6 Å². The van der Waals surface area contributed by atoms with Crippen LogP contribution in [0.4, 0.5) is 5.69 Å². The van der Waals surface area contributed by atoms with Crippen molar-refractivity contribution in [3.63, 3.8) is 0 Å². The Morgan fingerprint density at radius 1 is 1.12 bits per heavy atom. The third-order valence-electron chi connectivity index (χ3n) is 3.77. The molecule has 4 rings (SSSR count). The van der Waals surface area contributed by atoms with Crippen molar-refractivity contribution >= 4 is 28.3 Å². The summed E-state index contributed by atoms with van der Waals surface area (Å²) in [6, 6.07) is 12.3. The molecule has 2 aromatic heterocycles. The highest BCUT2D eigenvalue weighted by Gasteiger charge is 2.14. The zero-order valence-corrected chi connectivity index (χ0v) is 13.7. The fourth-order valence-corrected chi connectivity index (χ4v) is 2.68. The van der Waals surface area contributed by atoms with Gasteiger partial charge in [-0.1, -0.05) is 11.6 Å². The number of nitro groups is 1. The van der Waals surface area contributed by atoms with Gasteiger partial charge in [0.05, 0.1) is 4.92 Å². The van der Waals surface area contributed by atoms with Gasteiger partial charge in [0.2, 0.25) is 0 Å². The lowest BCUT2D eigenvalue weighted by Gasteiger charge is -2.00. The first-order chi connectivity index (χ1) is 12.5. The molecule has 0 atom stereocenters. The highest BCUT2D eigenvalue weighted by Crippen LogP contribution is 2.24. The molecule has 26 heavy (non-hydrogen) atoms. The molecule has 0 fully saturated rings. The number of fused-ring (bicyclic) bond motifs is 1. The van der Waals surface area contributed by atoms with Crippen LogP contribution in [0.1, 0.15) is 0 Å². The molecule has 0 unspecified atom stereocenters. The molecule has 2 heterocycles. The zero-order valence-electron chi connectivity index (χ0n) is 13.0. The third-order valence-corrected chi connectivity index (χ3v) is 4.01. The lowest BCUT2D eigenvalue weighted by atomic mass is 10.1. The monoisotopic (exact) mass is 368 g/mol. The van der Waals surface area contributed by atoms with E-state index in [9.17, 15) is 14.9 Å². The molecule has 4 aromatic rings. The van der Waals surface area contributed by atoms with Gasteiger partial charge in [0, 0.05) is 28.1 Å². The van der Waals surface area contributed by atoms with Crippen LogP contribution in [-0.4, -0.2) is 20.1 Å². The van der Waals surface area contributed by atoms with Gasteiger partial charge in [0.1, 0.15) is 11.1 Å². The summed E-state index contributed by atoms with van der Waals surface area (Å²) in [5.41, 5.74) is 0.604. The van der Waals surface area contributed by atoms with Gasteiger partial charge in [0.25, 0.3) is 5.69 Å². The molecule has 2 aromatic carbocycles. The number of hydrogen-bond donors (Lipinski definition) is 1. The average molecular weight is 369 g/mol. The number of non-ortho nitro benzene ring substituents is 1. The Kier molecular flexibility index (Phi) is 3.74. The van der Waals surface area contributed by atoms with Crippen LogP contribution in [0, 0.1) is 10.1 Å². The molecule has 0 radical (unpaired) electrons. The van der Waals surface area contributed by atoms with Crippen LogP contribution < -0.4 is 5.63 Å². The SMILES string of the molecule is O=c1oc2ccc(Cl)cc2cc1-c1nc(-c2ccc([N+](=O)[O-])cc2)n[nH]1. The first kappa shape index (κ1) is 16.0. The standard InChI is InChI=1S/C17H9ClN4O4/c18-11-3-6-14-10(7-11)8-13(17(23)26-14)16-19-15(20-21-16)9-1-4-12(5-2-9)22(24)25/h1-8H,(H,19,20,21). The lowest BCUT2D eigenvalue weighted by Crippen LogP contribution is -2.03. The van der Waals surface area contributed by atoms with Crippen LogP contribution in [0.2, 0.25) is 5.02 Å². The predicted octanol–water partition coefficient (Wildman–Crippen LogP) is 3.81. The maximum Gasteiger partial charge on any atom is 0.347 e. The number of nitro benzene ring substituents is 1. The normalized spacial score (nSPS) is 11.0. The van der Waals surface area contributed by atoms with E-state index in [1.165, 1.54) is 24.3 Å².